The Hall–Kier alpha value is -2.26. The molecular weight excluding hydrogens is 326 g/mol. The molecule has 1 aliphatic heterocycles. The van der Waals surface area contributed by atoms with Crippen LogP contribution in [0.3, 0.4) is 0 Å². The summed E-state index contributed by atoms with van der Waals surface area (Å²) in [5.41, 5.74) is 4.17. The molecule has 126 valence electrons. The molecule has 0 amide bonds. The second-order valence-electron chi connectivity index (χ2n) is 6.09. The van der Waals surface area contributed by atoms with Gasteiger partial charge in [-0.3, -0.25) is 14.8 Å². The fourth-order valence-electron chi connectivity index (χ4n) is 3.10. The van der Waals surface area contributed by atoms with Gasteiger partial charge >= 0.3 is 0 Å². The molecule has 9 heteroatoms. The number of anilines is 1. The van der Waals surface area contributed by atoms with Crippen LogP contribution in [0.1, 0.15) is 11.4 Å². The van der Waals surface area contributed by atoms with Crippen LogP contribution in [-0.4, -0.2) is 61.6 Å². The number of nitrogens with one attached hydrogen (secondary N) is 2. The lowest BCUT2D eigenvalue weighted by molar-refractivity contribution is 0.260. The number of fused-ring (bicyclic) bond motifs is 1. The van der Waals surface area contributed by atoms with Gasteiger partial charge in [-0.05, 0) is 13.0 Å². The van der Waals surface area contributed by atoms with Gasteiger partial charge in [-0.25, -0.2) is 0 Å². The molecule has 8 nitrogen and oxygen atoms in total. The van der Waals surface area contributed by atoms with Crippen molar-refractivity contribution in [2.24, 2.45) is 0 Å². The standard InChI is InChI=1S/C15H19N7OS/c1-10-8-11(18-17-10)2-3-21-4-6-22(7-5-21)12-9-16-15(23)14-13(12)19-24-20-14/h8-9H,2-7H2,1H3,(H,16,23)(H,17,18). The van der Waals surface area contributed by atoms with Gasteiger partial charge < -0.3 is 9.88 Å². The second-order valence-corrected chi connectivity index (χ2v) is 6.61. The van der Waals surface area contributed by atoms with E-state index in [-0.39, 0.29) is 5.56 Å². The molecule has 4 rings (SSSR count). The highest BCUT2D eigenvalue weighted by atomic mass is 32.1. The third-order valence-corrected chi connectivity index (χ3v) is 4.97. The average Bonchev–Trinajstić information content (AvgIpc) is 3.24. The highest BCUT2D eigenvalue weighted by Gasteiger charge is 2.21. The molecule has 1 aliphatic rings. The fourth-order valence-corrected chi connectivity index (χ4v) is 3.66. The van der Waals surface area contributed by atoms with Crippen LogP contribution in [0.4, 0.5) is 5.69 Å². The summed E-state index contributed by atoms with van der Waals surface area (Å²) in [6.07, 6.45) is 2.72. The van der Waals surface area contributed by atoms with E-state index < -0.39 is 0 Å². The third-order valence-electron chi connectivity index (χ3n) is 4.44. The molecule has 24 heavy (non-hydrogen) atoms. The molecule has 0 spiro atoms. The maximum Gasteiger partial charge on any atom is 0.277 e. The summed E-state index contributed by atoms with van der Waals surface area (Å²) in [6.45, 7) is 6.84. The van der Waals surface area contributed by atoms with Gasteiger partial charge in [0.1, 0.15) is 5.52 Å². The number of pyridine rings is 1. The van der Waals surface area contributed by atoms with Crippen LogP contribution >= 0.6 is 11.7 Å². The van der Waals surface area contributed by atoms with E-state index in [0.717, 1.165) is 67.9 Å². The number of nitrogens with zero attached hydrogens (tertiary/aromatic N) is 5. The summed E-state index contributed by atoms with van der Waals surface area (Å²) < 4.78 is 8.39. The van der Waals surface area contributed by atoms with Gasteiger partial charge in [0.15, 0.2) is 5.52 Å². The van der Waals surface area contributed by atoms with E-state index in [1.165, 1.54) is 0 Å². The first kappa shape index (κ1) is 15.3. The Kier molecular flexibility index (Phi) is 4.03. The van der Waals surface area contributed by atoms with Crippen molar-refractivity contribution in [2.75, 3.05) is 37.6 Å². The van der Waals surface area contributed by atoms with Crippen molar-refractivity contribution >= 4 is 28.4 Å². The molecule has 4 heterocycles. The number of aromatic nitrogens is 5. The quantitative estimate of drug-likeness (QED) is 0.726. The van der Waals surface area contributed by atoms with Gasteiger partial charge in [0, 0.05) is 51.0 Å². The molecule has 0 aliphatic carbocycles. The van der Waals surface area contributed by atoms with Gasteiger partial charge in [0.25, 0.3) is 5.56 Å². The van der Waals surface area contributed by atoms with E-state index in [1.54, 1.807) is 6.20 Å². The summed E-state index contributed by atoms with van der Waals surface area (Å²) in [5.74, 6) is 0. The topological polar surface area (TPSA) is 93.8 Å². The summed E-state index contributed by atoms with van der Waals surface area (Å²) in [7, 11) is 0. The molecule has 0 bridgehead atoms. The van der Waals surface area contributed by atoms with Crippen molar-refractivity contribution in [1.29, 1.82) is 0 Å². The highest BCUT2D eigenvalue weighted by Crippen LogP contribution is 2.23. The predicted molar refractivity (Wildman–Crippen MR) is 93.7 cm³/mol. The van der Waals surface area contributed by atoms with Crippen molar-refractivity contribution < 1.29 is 0 Å². The number of aryl methyl sites for hydroxylation is 1. The molecule has 0 radical (unpaired) electrons. The second kappa shape index (κ2) is 6.33. The third kappa shape index (κ3) is 2.92. The smallest absolute Gasteiger partial charge is 0.277 e. The summed E-state index contributed by atoms with van der Waals surface area (Å²) >= 11 is 1.09. The van der Waals surface area contributed by atoms with Gasteiger partial charge in [0.2, 0.25) is 0 Å². The van der Waals surface area contributed by atoms with Crippen LogP contribution in [0.25, 0.3) is 11.0 Å². The molecule has 0 aromatic carbocycles. The van der Waals surface area contributed by atoms with E-state index in [4.69, 9.17) is 0 Å². The molecule has 1 fully saturated rings. The average molecular weight is 345 g/mol. The highest BCUT2D eigenvalue weighted by molar-refractivity contribution is 7.00. The lowest BCUT2D eigenvalue weighted by atomic mass is 10.2. The molecule has 0 saturated carbocycles. The minimum Gasteiger partial charge on any atom is -0.366 e. The van der Waals surface area contributed by atoms with Gasteiger partial charge in [-0.15, -0.1) is 0 Å². The van der Waals surface area contributed by atoms with Crippen LogP contribution < -0.4 is 10.5 Å². The molecule has 0 atom stereocenters. The summed E-state index contributed by atoms with van der Waals surface area (Å²) in [4.78, 5) is 19.2. The minimum atomic E-state index is -0.171. The van der Waals surface area contributed by atoms with E-state index >= 15 is 0 Å². The Labute approximate surface area is 142 Å². The number of piperazine rings is 1. The zero-order chi connectivity index (χ0) is 16.5. The van der Waals surface area contributed by atoms with Crippen LogP contribution in [0, 0.1) is 6.92 Å². The zero-order valence-electron chi connectivity index (χ0n) is 13.4. The first-order valence-corrected chi connectivity index (χ1v) is 8.76. The van der Waals surface area contributed by atoms with Crippen molar-refractivity contribution in [3.63, 3.8) is 0 Å². The molecule has 1 saturated heterocycles. The molecule has 0 unspecified atom stereocenters. The van der Waals surface area contributed by atoms with Crippen molar-refractivity contribution in [1.82, 2.24) is 28.8 Å². The summed E-state index contributed by atoms with van der Waals surface area (Å²) in [6, 6.07) is 2.10. The number of rotatable bonds is 4. The Morgan fingerprint density at radius 2 is 2.00 bits per heavy atom. The largest absolute Gasteiger partial charge is 0.366 e. The van der Waals surface area contributed by atoms with E-state index in [0.29, 0.717) is 11.0 Å². The van der Waals surface area contributed by atoms with Crippen LogP contribution in [0.5, 0.6) is 0 Å². The number of hydrogen-bond donors (Lipinski definition) is 2. The van der Waals surface area contributed by atoms with E-state index in [9.17, 15) is 4.79 Å². The Morgan fingerprint density at radius 1 is 1.21 bits per heavy atom. The Bertz CT molecular complexity index is 890. The molecule has 2 N–H and O–H groups in total. The Morgan fingerprint density at radius 3 is 2.75 bits per heavy atom. The minimum absolute atomic E-state index is 0.171. The predicted octanol–water partition coefficient (Wildman–Crippen LogP) is 0.776. The fraction of sp³-hybridized carbons (Fsp3) is 0.467. The van der Waals surface area contributed by atoms with E-state index in [2.05, 4.69) is 39.8 Å². The normalized spacial score (nSPS) is 16.1. The SMILES string of the molecule is Cc1cc(CCN2CCN(c3c[nH]c(=O)c4nsnc34)CC2)n[nH]1. The Balaban J connectivity index is 1.39. The van der Waals surface area contributed by atoms with Gasteiger partial charge in [-0.2, -0.15) is 13.8 Å². The molecular formula is C15H19N7OS. The van der Waals surface area contributed by atoms with Crippen molar-refractivity contribution in [3.8, 4) is 0 Å². The molecule has 3 aromatic rings. The van der Waals surface area contributed by atoms with Crippen LogP contribution in [0.2, 0.25) is 0 Å². The van der Waals surface area contributed by atoms with Crippen LogP contribution in [-0.2, 0) is 6.42 Å². The zero-order valence-corrected chi connectivity index (χ0v) is 14.3. The van der Waals surface area contributed by atoms with Crippen molar-refractivity contribution in [2.45, 2.75) is 13.3 Å². The van der Waals surface area contributed by atoms with Crippen LogP contribution in [0.15, 0.2) is 17.1 Å². The van der Waals surface area contributed by atoms with Gasteiger partial charge in [-0.1, -0.05) is 0 Å². The lowest BCUT2D eigenvalue weighted by Crippen LogP contribution is -2.47. The number of aromatic amines is 2. The number of H-pyrrole nitrogens is 2. The molecule has 3 aromatic heterocycles. The maximum atomic E-state index is 11.8. The summed E-state index contributed by atoms with van der Waals surface area (Å²) in [5, 5.41) is 7.28. The monoisotopic (exact) mass is 345 g/mol. The van der Waals surface area contributed by atoms with Crippen molar-refractivity contribution in [3.05, 3.63) is 34.0 Å². The van der Waals surface area contributed by atoms with Gasteiger partial charge in [0.05, 0.1) is 23.1 Å². The maximum absolute atomic E-state index is 11.8. The first-order chi connectivity index (χ1) is 11.7. The van der Waals surface area contributed by atoms with E-state index in [1.807, 2.05) is 6.92 Å². The number of hydrogen-bond acceptors (Lipinski definition) is 7. The lowest BCUT2D eigenvalue weighted by Gasteiger charge is -2.35. The first-order valence-electron chi connectivity index (χ1n) is 8.03.